The Bertz CT molecular complexity index is 774. The van der Waals surface area contributed by atoms with Gasteiger partial charge in [0.1, 0.15) is 11.5 Å². The molecule has 0 aromatic heterocycles. The monoisotopic (exact) mass is 356 g/mol. The fourth-order valence-corrected chi connectivity index (χ4v) is 3.68. The van der Waals surface area contributed by atoms with Crippen LogP contribution in [-0.2, 0) is 16.0 Å². The van der Waals surface area contributed by atoms with Gasteiger partial charge in [-0.1, -0.05) is 54.2 Å². The molecule has 0 aliphatic carbocycles. The standard InChI is InChI=1S/C20H18O4S.H2/c21-17-10-11-20(23)25-19(17)12-14-6-8-16(9-7-14)24-13-18(22)15-4-2-1-3-5-15;/h1-9,19H,10-13H2;1H. The molecule has 5 heteroatoms. The molecule has 0 amide bonds. The van der Waals surface area contributed by atoms with Gasteiger partial charge in [0, 0.05) is 19.8 Å². The van der Waals surface area contributed by atoms with Gasteiger partial charge in [0.2, 0.25) is 0 Å². The molecule has 3 rings (SSSR count). The molecule has 1 unspecified atom stereocenters. The van der Waals surface area contributed by atoms with Gasteiger partial charge >= 0.3 is 0 Å². The minimum absolute atomic E-state index is 0. The van der Waals surface area contributed by atoms with Crippen molar-refractivity contribution in [2.45, 2.75) is 24.5 Å². The largest absolute Gasteiger partial charge is 0.485 e. The third-order valence-corrected chi connectivity index (χ3v) is 5.20. The highest BCUT2D eigenvalue weighted by atomic mass is 32.2. The van der Waals surface area contributed by atoms with Gasteiger partial charge in [0.25, 0.3) is 0 Å². The summed E-state index contributed by atoms with van der Waals surface area (Å²) in [5, 5.41) is -0.198. The fourth-order valence-electron chi connectivity index (χ4n) is 2.62. The average Bonchev–Trinajstić information content (AvgIpc) is 2.64. The first-order valence-corrected chi connectivity index (χ1v) is 9.02. The van der Waals surface area contributed by atoms with Gasteiger partial charge in [-0.3, -0.25) is 14.4 Å². The van der Waals surface area contributed by atoms with Gasteiger partial charge in [-0.05, 0) is 24.1 Å². The molecule has 1 atom stereocenters. The summed E-state index contributed by atoms with van der Waals surface area (Å²) in [5.41, 5.74) is 1.60. The Morgan fingerprint density at radius 2 is 1.76 bits per heavy atom. The van der Waals surface area contributed by atoms with Crippen LogP contribution in [0.2, 0.25) is 0 Å². The maximum Gasteiger partial charge on any atom is 0.200 e. The summed E-state index contributed by atoms with van der Waals surface area (Å²) >= 11 is 1.14. The average molecular weight is 356 g/mol. The lowest BCUT2D eigenvalue weighted by atomic mass is 10.0. The number of benzene rings is 2. The predicted molar refractivity (Wildman–Crippen MR) is 99.2 cm³/mol. The molecule has 2 aromatic carbocycles. The van der Waals surface area contributed by atoms with Crippen molar-refractivity contribution in [1.82, 2.24) is 0 Å². The van der Waals surface area contributed by atoms with Crippen LogP contribution in [0.3, 0.4) is 0 Å². The lowest BCUT2D eigenvalue weighted by Gasteiger charge is -2.19. The van der Waals surface area contributed by atoms with Gasteiger partial charge in [-0.15, -0.1) is 0 Å². The zero-order chi connectivity index (χ0) is 17.6. The number of rotatable bonds is 6. The van der Waals surface area contributed by atoms with Gasteiger partial charge in [0.15, 0.2) is 17.5 Å². The molecular formula is C20H20O4S. The number of carbonyl (C=O) groups excluding carboxylic acids is 3. The van der Waals surface area contributed by atoms with E-state index in [4.69, 9.17) is 4.74 Å². The highest BCUT2D eigenvalue weighted by molar-refractivity contribution is 8.14. The third-order valence-electron chi connectivity index (χ3n) is 4.02. The highest BCUT2D eigenvalue weighted by Gasteiger charge is 2.27. The van der Waals surface area contributed by atoms with Gasteiger partial charge in [0.05, 0.1) is 5.25 Å². The van der Waals surface area contributed by atoms with Crippen molar-refractivity contribution in [1.29, 1.82) is 0 Å². The second-order valence-electron chi connectivity index (χ2n) is 5.87. The molecule has 0 saturated carbocycles. The quantitative estimate of drug-likeness (QED) is 0.738. The molecule has 1 aliphatic heterocycles. The minimum Gasteiger partial charge on any atom is -0.485 e. The molecule has 0 bridgehead atoms. The van der Waals surface area contributed by atoms with Crippen molar-refractivity contribution >= 4 is 28.4 Å². The van der Waals surface area contributed by atoms with Crippen LogP contribution in [0, 0.1) is 0 Å². The Morgan fingerprint density at radius 3 is 2.48 bits per heavy atom. The maximum atomic E-state index is 12.0. The number of ketones is 2. The molecule has 1 saturated heterocycles. The summed E-state index contributed by atoms with van der Waals surface area (Å²) in [5.74, 6) is 0.664. The van der Waals surface area contributed by atoms with Gasteiger partial charge in [-0.25, -0.2) is 0 Å². The lowest BCUT2D eigenvalue weighted by molar-refractivity contribution is -0.122. The van der Waals surface area contributed by atoms with Gasteiger partial charge in [-0.2, -0.15) is 0 Å². The first kappa shape index (κ1) is 17.4. The molecule has 2 aromatic rings. The Kier molecular flexibility index (Phi) is 5.66. The van der Waals surface area contributed by atoms with Crippen LogP contribution < -0.4 is 4.74 Å². The summed E-state index contributed by atoms with van der Waals surface area (Å²) < 4.78 is 5.53. The normalized spacial score (nSPS) is 17.4. The number of Topliss-reactive ketones (excluding diaryl/α,β-unsaturated/α-hetero) is 2. The van der Waals surface area contributed by atoms with Crippen LogP contribution in [0.15, 0.2) is 54.6 Å². The van der Waals surface area contributed by atoms with Crippen molar-refractivity contribution in [3.63, 3.8) is 0 Å². The number of carbonyl (C=O) groups is 3. The molecule has 4 nitrogen and oxygen atoms in total. The molecule has 0 spiro atoms. The van der Waals surface area contributed by atoms with E-state index in [0.717, 1.165) is 17.3 Å². The van der Waals surface area contributed by atoms with E-state index in [1.807, 2.05) is 30.3 Å². The van der Waals surface area contributed by atoms with Crippen molar-refractivity contribution in [2.24, 2.45) is 0 Å². The number of thioether (sulfide) groups is 1. The van der Waals surface area contributed by atoms with E-state index in [1.165, 1.54) is 0 Å². The molecule has 1 heterocycles. The molecular weight excluding hydrogens is 336 g/mol. The topological polar surface area (TPSA) is 60.4 Å². The zero-order valence-corrected chi connectivity index (χ0v) is 14.5. The van der Waals surface area contributed by atoms with E-state index in [2.05, 4.69) is 0 Å². The van der Waals surface area contributed by atoms with Crippen LogP contribution in [0.25, 0.3) is 0 Å². The number of hydrogen-bond donors (Lipinski definition) is 0. The van der Waals surface area contributed by atoms with E-state index in [1.54, 1.807) is 24.3 Å². The predicted octanol–water partition coefficient (Wildman–Crippen LogP) is 3.73. The molecule has 1 fully saturated rings. The van der Waals surface area contributed by atoms with Crippen LogP contribution in [0.1, 0.15) is 30.2 Å². The first-order chi connectivity index (χ1) is 12.1. The Labute approximate surface area is 152 Å². The molecule has 130 valence electrons. The van der Waals surface area contributed by atoms with Crippen LogP contribution >= 0.6 is 11.8 Å². The lowest BCUT2D eigenvalue weighted by Crippen LogP contribution is -2.26. The Balaban J connectivity index is 0.00000243. The van der Waals surface area contributed by atoms with Crippen LogP contribution in [0.5, 0.6) is 5.75 Å². The molecule has 0 N–H and O–H groups in total. The van der Waals surface area contributed by atoms with Crippen molar-refractivity contribution < 1.29 is 20.5 Å². The smallest absolute Gasteiger partial charge is 0.200 e. The van der Waals surface area contributed by atoms with Crippen LogP contribution in [-0.4, -0.2) is 28.5 Å². The van der Waals surface area contributed by atoms with E-state index >= 15 is 0 Å². The van der Waals surface area contributed by atoms with E-state index in [-0.39, 0.29) is 30.0 Å². The zero-order valence-electron chi connectivity index (χ0n) is 13.6. The van der Waals surface area contributed by atoms with Crippen molar-refractivity contribution in [3.05, 3.63) is 65.7 Å². The Hall–Kier alpha value is -2.40. The maximum absolute atomic E-state index is 12.0. The second-order valence-corrected chi connectivity index (χ2v) is 7.13. The summed E-state index contributed by atoms with van der Waals surface area (Å²) in [6, 6.07) is 16.3. The van der Waals surface area contributed by atoms with Crippen molar-refractivity contribution in [3.8, 4) is 5.75 Å². The van der Waals surface area contributed by atoms with E-state index in [9.17, 15) is 14.4 Å². The van der Waals surface area contributed by atoms with Crippen LogP contribution in [0.4, 0.5) is 0 Å². The number of ether oxygens (including phenoxy) is 1. The summed E-state index contributed by atoms with van der Waals surface area (Å²) in [7, 11) is 0. The van der Waals surface area contributed by atoms with E-state index < -0.39 is 0 Å². The second kappa shape index (κ2) is 8.12. The SMILES string of the molecule is O=C1CCC(=O)C(Cc2ccc(OCC(=O)c3ccccc3)cc2)S1.[HH]. The first-order valence-electron chi connectivity index (χ1n) is 8.14. The fraction of sp³-hybridized carbons (Fsp3) is 0.250. The molecule has 0 radical (unpaired) electrons. The summed E-state index contributed by atoms with van der Waals surface area (Å²) in [6.45, 7) is -0.0190. The van der Waals surface area contributed by atoms with Gasteiger partial charge < -0.3 is 4.74 Å². The third kappa shape index (κ3) is 4.79. The minimum atomic E-state index is -0.285. The Morgan fingerprint density at radius 1 is 1.04 bits per heavy atom. The number of hydrogen-bond acceptors (Lipinski definition) is 5. The van der Waals surface area contributed by atoms with Crippen molar-refractivity contribution in [2.75, 3.05) is 6.61 Å². The van der Waals surface area contributed by atoms with E-state index in [0.29, 0.717) is 30.6 Å². The summed E-state index contributed by atoms with van der Waals surface area (Å²) in [6.07, 6.45) is 1.24. The summed E-state index contributed by atoms with van der Waals surface area (Å²) in [4.78, 5) is 35.4. The highest BCUT2D eigenvalue weighted by Crippen LogP contribution is 2.27. The molecule has 1 aliphatic rings. The molecule has 25 heavy (non-hydrogen) atoms.